The fraction of sp³-hybridized carbons (Fsp3) is 0.200. The van der Waals surface area contributed by atoms with Crippen LogP contribution < -0.4 is 10.0 Å². The van der Waals surface area contributed by atoms with Crippen LogP contribution in [0.25, 0.3) is 0 Å². The molecule has 0 radical (unpaired) electrons. The monoisotopic (exact) mass is 306 g/mol. The third kappa shape index (κ3) is 3.74. The number of phenolic OH excluding ortho intramolecular Hbond substituents is 1. The molecule has 0 fully saturated rings. The Morgan fingerprint density at radius 2 is 1.52 bits per heavy atom. The number of hydrogen-bond donors (Lipinski definition) is 2. The number of sulfonamides is 1. The van der Waals surface area contributed by atoms with Crippen LogP contribution in [0.5, 0.6) is 5.75 Å². The van der Waals surface area contributed by atoms with Crippen molar-refractivity contribution in [3.8, 4) is 5.75 Å². The molecular formula is C15H18N2O3S. The minimum Gasteiger partial charge on any atom is -0.508 e. The number of anilines is 1. The van der Waals surface area contributed by atoms with E-state index in [9.17, 15) is 13.5 Å². The third-order valence-corrected chi connectivity index (χ3v) is 4.98. The fourth-order valence-corrected chi connectivity index (χ4v) is 3.15. The topological polar surface area (TPSA) is 83.6 Å². The van der Waals surface area contributed by atoms with Crippen LogP contribution in [0.4, 0.5) is 5.69 Å². The highest BCUT2D eigenvalue weighted by atomic mass is 32.2. The molecule has 0 saturated heterocycles. The predicted molar refractivity (Wildman–Crippen MR) is 83.5 cm³/mol. The minimum absolute atomic E-state index is 0.0881. The summed E-state index contributed by atoms with van der Waals surface area (Å²) in [5, 5.41) is 9.25. The second kappa shape index (κ2) is 6.15. The Balaban J connectivity index is 2.18. The molecule has 0 atom stereocenters. The van der Waals surface area contributed by atoms with Crippen LogP contribution >= 0.6 is 0 Å². The van der Waals surface area contributed by atoms with Gasteiger partial charge in [0.05, 0.1) is 11.4 Å². The lowest BCUT2D eigenvalue weighted by atomic mass is 10.1. The van der Waals surface area contributed by atoms with E-state index in [0.717, 1.165) is 5.56 Å². The standard InChI is InChI=1S/C15H18N2O3S/c1-17(14-6-8-15(18)9-7-14)21(19,20)11-13-4-2-12(10-16)3-5-13/h2-9,18H,10-11,16H2,1H3. The molecule has 0 aromatic heterocycles. The van der Waals surface area contributed by atoms with Crippen molar-refractivity contribution in [1.82, 2.24) is 0 Å². The van der Waals surface area contributed by atoms with Crippen LogP contribution in [0.3, 0.4) is 0 Å². The number of benzene rings is 2. The Hall–Kier alpha value is -2.05. The molecule has 0 aliphatic heterocycles. The molecular weight excluding hydrogens is 288 g/mol. The second-order valence-electron chi connectivity index (χ2n) is 4.76. The van der Waals surface area contributed by atoms with Crippen LogP contribution in [0, 0.1) is 0 Å². The average molecular weight is 306 g/mol. The Bertz CT molecular complexity index is 695. The maximum Gasteiger partial charge on any atom is 0.239 e. The lowest BCUT2D eigenvalue weighted by Crippen LogP contribution is -2.27. The van der Waals surface area contributed by atoms with E-state index in [1.807, 2.05) is 12.1 Å². The van der Waals surface area contributed by atoms with Crippen molar-refractivity contribution in [3.05, 3.63) is 59.7 Å². The summed E-state index contributed by atoms with van der Waals surface area (Å²) in [6, 6.07) is 13.2. The highest BCUT2D eigenvalue weighted by molar-refractivity contribution is 7.92. The van der Waals surface area contributed by atoms with Crippen LogP contribution in [-0.4, -0.2) is 20.6 Å². The SMILES string of the molecule is CN(c1ccc(O)cc1)S(=O)(=O)Cc1ccc(CN)cc1. The molecule has 0 saturated carbocycles. The largest absolute Gasteiger partial charge is 0.508 e. The van der Waals surface area contributed by atoms with E-state index >= 15 is 0 Å². The zero-order valence-corrected chi connectivity index (χ0v) is 12.5. The molecule has 3 N–H and O–H groups in total. The van der Waals surface area contributed by atoms with E-state index in [2.05, 4.69) is 0 Å². The lowest BCUT2D eigenvalue weighted by molar-refractivity contribution is 0.475. The number of rotatable bonds is 5. The van der Waals surface area contributed by atoms with Gasteiger partial charge in [0.15, 0.2) is 0 Å². The van der Waals surface area contributed by atoms with Gasteiger partial charge in [-0.1, -0.05) is 24.3 Å². The number of aromatic hydroxyl groups is 1. The predicted octanol–water partition coefficient (Wildman–Crippen LogP) is 1.82. The van der Waals surface area contributed by atoms with Gasteiger partial charge in [0, 0.05) is 13.6 Å². The number of phenols is 1. The maximum atomic E-state index is 12.4. The fourth-order valence-electron chi connectivity index (χ4n) is 1.90. The first-order chi connectivity index (χ1) is 9.92. The van der Waals surface area contributed by atoms with E-state index in [4.69, 9.17) is 5.73 Å². The highest BCUT2D eigenvalue weighted by Crippen LogP contribution is 2.21. The lowest BCUT2D eigenvalue weighted by Gasteiger charge is -2.19. The van der Waals surface area contributed by atoms with E-state index in [-0.39, 0.29) is 11.5 Å². The Morgan fingerprint density at radius 3 is 2.05 bits per heavy atom. The van der Waals surface area contributed by atoms with Gasteiger partial charge in [-0.25, -0.2) is 8.42 Å². The zero-order chi connectivity index (χ0) is 15.5. The summed E-state index contributed by atoms with van der Waals surface area (Å²) in [6.07, 6.45) is 0. The van der Waals surface area contributed by atoms with Gasteiger partial charge in [0.2, 0.25) is 10.0 Å². The van der Waals surface area contributed by atoms with E-state index < -0.39 is 10.0 Å². The number of nitrogens with zero attached hydrogens (tertiary/aromatic N) is 1. The van der Waals surface area contributed by atoms with Crippen molar-refractivity contribution in [2.24, 2.45) is 5.73 Å². The van der Waals surface area contributed by atoms with E-state index in [1.54, 1.807) is 24.3 Å². The quantitative estimate of drug-likeness (QED) is 0.882. The zero-order valence-electron chi connectivity index (χ0n) is 11.7. The maximum absolute atomic E-state index is 12.4. The highest BCUT2D eigenvalue weighted by Gasteiger charge is 2.19. The first kappa shape index (κ1) is 15.3. The molecule has 0 heterocycles. The van der Waals surface area contributed by atoms with Crippen LogP contribution in [0.1, 0.15) is 11.1 Å². The van der Waals surface area contributed by atoms with Crippen LogP contribution in [0.15, 0.2) is 48.5 Å². The van der Waals surface area contributed by atoms with E-state index in [1.165, 1.54) is 23.5 Å². The van der Waals surface area contributed by atoms with Gasteiger partial charge in [0.25, 0.3) is 0 Å². The Labute approximate surface area is 124 Å². The van der Waals surface area contributed by atoms with Crippen molar-refractivity contribution in [3.63, 3.8) is 0 Å². The van der Waals surface area contributed by atoms with Gasteiger partial charge in [-0.2, -0.15) is 0 Å². The molecule has 0 unspecified atom stereocenters. The average Bonchev–Trinajstić information content (AvgIpc) is 2.48. The molecule has 0 amide bonds. The molecule has 5 nitrogen and oxygen atoms in total. The third-order valence-electron chi connectivity index (χ3n) is 3.24. The second-order valence-corrected chi connectivity index (χ2v) is 6.76. The normalized spacial score (nSPS) is 11.3. The molecule has 0 aliphatic rings. The molecule has 0 spiro atoms. The minimum atomic E-state index is -3.48. The molecule has 6 heteroatoms. The summed E-state index contributed by atoms with van der Waals surface area (Å²) in [6.45, 7) is 0.431. The molecule has 2 rings (SSSR count). The van der Waals surface area contributed by atoms with Gasteiger partial charge >= 0.3 is 0 Å². The number of hydrogen-bond acceptors (Lipinski definition) is 4. The van der Waals surface area contributed by atoms with Crippen molar-refractivity contribution in [2.75, 3.05) is 11.4 Å². The van der Waals surface area contributed by atoms with Crippen molar-refractivity contribution in [2.45, 2.75) is 12.3 Å². The summed E-state index contributed by atoms with van der Waals surface area (Å²) in [4.78, 5) is 0. The van der Waals surface area contributed by atoms with Crippen molar-refractivity contribution >= 4 is 15.7 Å². The van der Waals surface area contributed by atoms with Gasteiger partial charge in [-0.05, 0) is 35.4 Å². The molecule has 0 bridgehead atoms. The van der Waals surface area contributed by atoms with Crippen LogP contribution in [0.2, 0.25) is 0 Å². The van der Waals surface area contributed by atoms with Gasteiger partial charge in [0.1, 0.15) is 5.75 Å². The van der Waals surface area contributed by atoms with Gasteiger partial charge in [-0.3, -0.25) is 4.31 Å². The van der Waals surface area contributed by atoms with Crippen molar-refractivity contribution in [1.29, 1.82) is 0 Å². The molecule has 2 aromatic carbocycles. The first-order valence-electron chi connectivity index (χ1n) is 6.46. The summed E-state index contributed by atoms with van der Waals surface area (Å²) in [5.74, 6) is 0.0109. The summed E-state index contributed by atoms with van der Waals surface area (Å²) < 4.78 is 26.0. The smallest absolute Gasteiger partial charge is 0.239 e. The summed E-state index contributed by atoms with van der Waals surface area (Å²) in [5.41, 5.74) is 7.69. The molecule has 112 valence electrons. The van der Waals surface area contributed by atoms with Gasteiger partial charge < -0.3 is 10.8 Å². The molecule has 0 aliphatic carbocycles. The first-order valence-corrected chi connectivity index (χ1v) is 8.07. The molecule has 2 aromatic rings. The van der Waals surface area contributed by atoms with Gasteiger partial charge in [-0.15, -0.1) is 0 Å². The Morgan fingerprint density at radius 1 is 1.00 bits per heavy atom. The summed E-state index contributed by atoms with van der Waals surface area (Å²) >= 11 is 0. The summed E-state index contributed by atoms with van der Waals surface area (Å²) in [7, 11) is -1.98. The Kier molecular flexibility index (Phi) is 4.50. The van der Waals surface area contributed by atoms with E-state index in [0.29, 0.717) is 17.8 Å². The van der Waals surface area contributed by atoms with Crippen molar-refractivity contribution < 1.29 is 13.5 Å². The van der Waals surface area contributed by atoms with Crippen LogP contribution in [-0.2, 0) is 22.3 Å². The number of nitrogens with two attached hydrogens (primary N) is 1. The molecule has 21 heavy (non-hydrogen) atoms.